The lowest BCUT2D eigenvalue weighted by Crippen LogP contribution is -2.43. The van der Waals surface area contributed by atoms with Gasteiger partial charge in [0, 0.05) is 37.1 Å². The molecule has 0 aliphatic rings. The number of rotatable bonds is 9. The number of para-hydroxylation sites is 1. The summed E-state index contributed by atoms with van der Waals surface area (Å²) in [5.74, 6) is 0. The van der Waals surface area contributed by atoms with Gasteiger partial charge in [-0.25, -0.2) is 4.98 Å². The summed E-state index contributed by atoms with van der Waals surface area (Å²) < 4.78 is 7.22. The van der Waals surface area contributed by atoms with Gasteiger partial charge in [0.25, 0.3) is 0 Å². The minimum atomic E-state index is -0.289. The molecule has 1 N–H and O–H groups in total. The van der Waals surface area contributed by atoms with E-state index in [1.807, 2.05) is 19.9 Å². The van der Waals surface area contributed by atoms with Crippen molar-refractivity contribution < 1.29 is 9.84 Å². The third-order valence-corrected chi connectivity index (χ3v) is 6.71. The van der Waals surface area contributed by atoms with Crippen LogP contribution in [0.5, 0.6) is 0 Å². The summed E-state index contributed by atoms with van der Waals surface area (Å²) in [6.45, 7) is 9.33. The largest absolute Gasteiger partial charge is 0.396 e. The van der Waals surface area contributed by atoms with Gasteiger partial charge in [-0.05, 0) is 76.9 Å². The van der Waals surface area contributed by atoms with Crippen LogP contribution in [0.2, 0.25) is 0 Å². The van der Waals surface area contributed by atoms with Gasteiger partial charge in [-0.1, -0.05) is 12.1 Å². The Morgan fingerprint density at radius 3 is 2.34 bits per heavy atom. The van der Waals surface area contributed by atoms with Crippen LogP contribution in [0.15, 0.2) is 48.5 Å². The molecule has 1 heterocycles. The summed E-state index contributed by atoms with van der Waals surface area (Å²) in [6.07, 6.45) is 1.55. The number of hydrogen-bond donors (Lipinski definition) is 1. The molecule has 0 aliphatic carbocycles. The van der Waals surface area contributed by atoms with Gasteiger partial charge in [-0.2, -0.15) is 0 Å². The van der Waals surface area contributed by atoms with Crippen molar-refractivity contribution >= 4 is 27.2 Å². The predicted octanol–water partition coefficient (Wildman–Crippen LogP) is 5.75. The molecule has 156 valence electrons. The molecular weight excluding hydrogens is 380 g/mol. The lowest BCUT2D eigenvalue weighted by molar-refractivity contribution is -0.0378. The third-order valence-electron chi connectivity index (χ3n) is 5.62. The van der Waals surface area contributed by atoms with Crippen LogP contribution < -0.4 is 4.90 Å². The van der Waals surface area contributed by atoms with Crippen molar-refractivity contribution in [3.05, 3.63) is 48.5 Å². The van der Waals surface area contributed by atoms with E-state index in [4.69, 9.17) is 14.8 Å². The van der Waals surface area contributed by atoms with Crippen molar-refractivity contribution in [2.45, 2.75) is 51.7 Å². The highest BCUT2D eigenvalue weighted by molar-refractivity contribution is 7.21. The molecule has 0 radical (unpaired) electrons. The lowest BCUT2D eigenvalue weighted by Gasteiger charge is -2.38. The van der Waals surface area contributed by atoms with E-state index in [1.54, 1.807) is 11.3 Å². The molecular formula is C24H32N2O2S. The van der Waals surface area contributed by atoms with Crippen molar-refractivity contribution in [2.24, 2.45) is 0 Å². The fourth-order valence-corrected chi connectivity index (χ4v) is 4.23. The molecule has 0 bridgehead atoms. The summed E-state index contributed by atoms with van der Waals surface area (Å²) in [6, 6.07) is 16.9. The number of aromatic nitrogens is 1. The van der Waals surface area contributed by atoms with Crippen LogP contribution in [0.4, 0.5) is 5.69 Å². The van der Waals surface area contributed by atoms with E-state index in [-0.39, 0.29) is 17.7 Å². The summed E-state index contributed by atoms with van der Waals surface area (Å²) >= 11 is 1.73. The summed E-state index contributed by atoms with van der Waals surface area (Å²) in [7, 11) is 2.13. The van der Waals surface area contributed by atoms with Gasteiger partial charge < -0.3 is 14.7 Å². The van der Waals surface area contributed by atoms with Crippen molar-refractivity contribution in [1.29, 1.82) is 0 Å². The smallest absolute Gasteiger partial charge is 0.124 e. The molecule has 2 aromatic carbocycles. The van der Waals surface area contributed by atoms with Crippen LogP contribution in [0.25, 0.3) is 20.8 Å². The van der Waals surface area contributed by atoms with Crippen LogP contribution >= 0.6 is 11.3 Å². The Kier molecular flexibility index (Phi) is 6.62. The first-order valence-electron chi connectivity index (χ1n) is 10.2. The van der Waals surface area contributed by atoms with Crippen LogP contribution in [-0.2, 0) is 4.74 Å². The van der Waals surface area contributed by atoms with E-state index in [2.05, 4.69) is 68.3 Å². The van der Waals surface area contributed by atoms with E-state index < -0.39 is 0 Å². The molecule has 5 heteroatoms. The van der Waals surface area contributed by atoms with E-state index in [9.17, 15) is 0 Å². The molecule has 0 unspecified atom stereocenters. The van der Waals surface area contributed by atoms with Crippen molar-refractivity contribution in [2.75, 3.05) is 25.2 Å². The number of nitrogens with zero attached hydrogens (tertiary/aromatic N) is 2. The standard InChI is InChI=1S/C24H32N2O2S/c1-23(2,15-17-28-24(3,4)14-16-27)26(5)19-12-10-18(11-13-19)22-25-20-8-6-7-9-21(20)29-22/h6-13,27H,14-17H2,1-5H3. The molecule has 1 aromatic heterocycles. The average Bonchev–Trinajstić information content (AvgIpc) is 3.11. The zero-order valence-electron chi connectivity index (χ0n) is 18.1. The molecule has 0 saturated carbocycles. The topological polar surface area (TPSA) is 45.6 Å². The van der Waals surface area contributed by atoms with Crippen molar-refractivity contribution in [1.82, 2.24) is 4.98 Å². The molecule has 0 amide bonds. The Morgan fingerprint density at radius 1 is 1.00 bits per heavy atom. The molecule has 0 spiro atoms. The molecule has 29 heavy (non-hydrogen) atoms. The van der Waals surface area contributed by atoms with Gasteiger partial charge in [-0.3, -0.25) is 0 Å². The summed E-state index contributed by atoms with van der Waals surface area (Å²) in [4.78, 5) is 7.06. The second-order valence-corrected chi connectivity index (χ2v) is 9.77. The average molecular weight is 413 g/mol. The molecule has 0 fully saturated rings. The fourth-order valence-electron chi connectivity index (χ4n) is 3.26. The molecule has 4 nitrogen and oxygen atoms in total. The first kappa shape index (κ1) is 21.8. The second-order valence-electron chi connectivity index (χ2n) is 8.74. The first-order valence-corrected chi connectivity index (χ1v) is 11.0. The zero-order valence-corrected chi connectivity index (χ0v) is 18.9. The van der Waals surface area contributed by atoms with Gasteiger partial charge in [0.15, 0.2) is 0 Å². The Bertz CT molecular complexity index is 898. The van der Waals surface area contributed by atoms with Crippen LogP contribution in [0.1, 0.15) is 40.5 Å². The highest BCUT2D eigenvalue weighted by atomic mass is 32.1. The molecule has 0 atom stereocenters. The molecule has 3 rings (SSSR count). The number of fused-ring (bicyclic) bond motifs is 1. The van der Waals surface area contributed by atoms with Gasteiger partial charge in [-0.15, -0.1) is 11.3 Å². The maximum Gasteiger partial charge on any atom is 0.124 e. The fraction of sp³-hybridized carbons (Fsp3) is 0.458. The summed E-state index contributed by atoms with van der Waals surface area (Å²) in [5, 5.41) is 10.2. The Labute approximate surface area is 178 Å². The van der Waals surface area contributed by atoms with Gasteiger partial charge in [0.1, 0.15) is 5.01 Å². The van der Waals surface area contributed by atoms with E-state index in [1.165, 1.54) is 10.4 Å². The molecule has 0 saturated heterocycles. The van der Waals surface area contributed by atoms with Crippen LogP contribution in [-0.4, -0.2) is 41.5 Å². The van der Waals surface area contributed by atoms with Crippen molar-refractivity contribution in [3.8, 4) is 10.6 Å². The SMILES string of the molecule is CN(c1ccc(-c2nc3ccccc3s2)cc1)C(C)(C)CCOC(C)(C)CCO. The Morgan fingerprint density at radius 2 is 1.69 bits per heavy atom. The monoisotopic (exact) mass is 412 g/mol. The minimum absolute atomic E-state index is 0.0489. The number of benzene rings is 2. The predicted molar refractivity (Wildman–Crippen MR) is 124 cm³/mol. The maximum absolute atomic E-state index is 9.15. The minimum Gasteiger partial charge on any atom is -0.396 e. The number of aliphatic hydroxyl groups excluding tert-OH is 1. The van der Waals surface area contributed by atoms with E-state index in [0.29, 0.717) is 13.0 Å². The number of aliphatic hydroxyl groups is 1. The van der Waals surface area contributed by atoms with Gasteiger partial charge in [0.05, 0.1) is 15.8 Å². The number of hydrogen-bond acceptors (Lipinski definition) is 5. The number of ether oxygens (including phenoxy) is 1. The maximum atomic E-state index is 9.15. The van der Waals surface area contributed by atoms with E-state index >= 15 is 0 Å². The van der Waals surface area contributed by atoms with Gasteiger partial charge in [0.2, 0.25) is 0 Å². The Balaban J connectivity index is 1.66. The molecule has 0 aliphatic heterocycles. The quantitative estimate of drug-likeness (QED) is 0.486. The lowest BCUT2D eigenvalue weighted by atomic mass is 9.97. The highest BCUT2D eigenvalue weighted by Gasteiger charge is 2.26. The van der Waals surface area contributed by atoms with Crippen LogP contribution in [0, 0.1) is 0 Å². The number of thiazole rings is 1. The normalized spacial score (nSPS) is 12.5. The zero-order chi connectivity index (χ0) is 21.1. The van der Waals surface area contributed by atoms with Gasteiger partial charge >= 0.3 is 0 Å². The second kappa shape index (κ2) is 8.82. The van der Waals surface area contributed by atoms with Crippen LogP contribution in [0.3, 0.4) is 0 Å². The third kappa shape index (κ3) is 5.35. The number of anilines is 1. The van der Waals surface area contributed by atoms with Crippen molar-refractivity contribution in [3.63, 3.8) is 0 Å². The van der Waals surface area contributed by atoms with E-state index in [0.717, 1.165) is 22.5 Å². The summed E-state index contributed by atoms with van der Waals surface area (Å²) in [5.41, 5.74) is 3.04. The Hall–Kier alpha value is -1.95. The highest BCUT2D eigenvalue weighted by Crippen LogP contribution is 2.32. The molecule has 3 aromatic rings. The first-order chi connectivity index (χ1) is 13.7.